The molecule has 184 valence electrons. The number of aryl methyl sites for hydroxylation is 1. The molecular formula is C29H33ClN2O3. The zero-order valence-corrected chi connectivity index (χ0v) is 21.1. The third-order valence-corrected chi connectivity index (χ3v) is 6.24. The number of carbonyl (C=O) groups excluding carboxylic acids is 2. The number of ether oxygens (including phenoxy) is 1. The second kappa shape index (κ2) is 13.5. The van der Waals surface area contributed by atoms with E-state index in [0.717, 1.165) is 23.1 Å². The summed E-state index contributed by atoms with van der Waals surface area (Å²) in [5, 5.41) is 3.64. The topological polar surface area (TPSA) is 58.6 Å². The zero-order valence-electron chi connectivity index (χ0n) is 20.4. The van der Waals surface area contributed by atoms with Gasteiger partial charge in [-0.25, -0.2) is 0 Å². The molecule has 0 bridgehead atoms. The van der Waals surface area contributed by atoms with Crippen molar-refractivity contribution in [3.8, 4) is 5.75 Å². The van der Waals surface area contributed by atoms with E-state index in [2.05, 4.69) is 5.32 Å². The van der Waals surface area contributed by atoms with Gasteiger partial charge in [0.1, 0.15) is 11.8 Å². The number of halogens is 1. The van der Waals surface area contributed by atoms with E-state index in [1.54, 1.807) is 12.0 Å². The number of hydrogen-bond donors (Lipinski definition) is 1. The molecule has 0 spiro atoms. The van der Waals surface area contributed by atoms with E-state index < -0.39 is 6.04 Å². The molecule has 0 radical (unpaired) electrons. The molecule has 35 heavy (non-hydrogen) atoms. The summed E-state index contributed by atoms with van der Waals surface area (Å²) in [6, 6.07) is 24.3. The lowest BCUT2D eigenvalue weighted by atomic mass is 10.0. The van der Waals surface area contributed by atoms with E-state index in [9.17, 15) is 9.59 Å². The van der Waals surface area contributed by atoms with E-state index in [0.29, 0.717) is 36.7 Å². The van der Waals surface area contributed by atoms with E-state index in [-0.39, 0.29) is 18.2 Å². The van der Waals surface area contributed by atoms with E-state index in [4.69, 9.17) is 16.3 Å². The summed E-state index contributed by atoms with van der Waals surface area (Å²) >= 11 is 6.33. The lowest BCUT2D eigenvalue weighted by Gasteiger charge is -2.32. The first-order valence-electron chi connectivity index (χ1n) is 12.0. The van der Waals surface area contributed by atoms with Crippen molar-refractivity contribution in [2.75, 3.05) is 13.7 Å². The minimum absolute atomic E-state index is 0.0969. The number of methoxy groups -OCH3 is 1. The molecule has 0 fully saturated rings. The van der Waals surface area contributed by atoms with E-state index in [1.807, 2.05) is 85.8 Å². The average Bonchev–Trinajstić information content (AvgIpc) is 2.89. The Hall–Kier alpha value is -3.31. The van der Waals surface area contributed by atoms with Crippen molar-refractivity contribution >= 4 is 23.4 Å². The van der Waals surface area contributed by atoms with Crippen molar-refractivity contribution in [3.05, 3.63) is 101 Å². The van der Waals surface area contributed by atoms with Crippen LogP contribution in [-0.2, 0) is 29.0 Å². The van der Waals surface area contributed by atoms with Gasteiger partial charge in [-0.15, -0.1) is 0 Å². The van der Waals surface area contributed by atoms with Crippen LogP contribution in [0.5, 0.6) is 5.75 Å². The maximum Gasteiger partial charge on any atom is 0.243 e. The third kappa shape index (κ3) is 7.86. The molecule has 2 amide bonds. The lowest BCUT2D eigenvalue weighted by molar-refractivity contribution is -0.141. The third-order valence-electron chi connectivity index (χ3n) is 5.87. The summed E-state index contributed by atoms with van der Waals surface area (Å²) in [6.07, 6.45) is 2.00. The standard InChI is InChI=1S/C29H33ClN2O3/c1-3-18-31-29(34)27(20-22-10-5-4-6-11-22)32(21-23-12-9-14-25(19-23)35-2)28(33)17-16-24-13-7-8-15-26(24)30/h4-15,19,27H,3,16-18,20-21H2,1-2H3,(H,31,34)/t27-/m1/s1. The van der Waals surface area contributed by atoms with Gasteiger partial charge < -0.3 is 15.0 Å². The van der Waals surface area contributed by atoms with E-state index >= 15 is 0 Å². The predicted octanol–water partition coefficient (Wildman–Crippen LogP) is 5.45. The Morgan fingerprint density at radius 1 is 0.971 bits per heavy atom. The molecule has 5 nitrogen and oxygen atoms in total. The van der Waals surface area contributed by atoms with Crippen LogP contribution in [0.15, 0.2) is 78.9 Å². The highest BCUT2D eigenvalue weighted by Crippen LogP contribution is 2.21. The first-order chi connectivity index (χ1) is 17.0. The van der Waals surface area contributed by atoms with Crippen LogP contribution in [0.25, 0.3) is 0 Å². The minimum atomic E-state index is -0.645. The number of amides is 2. The van der Waals surface area contributed by atoms with Gasteiger partial charge in [-0.2, -0.15) is 0 Å². The van der Waals surface area contributed by atoms with Gasteiger partial charge in [0, 0.05) is 31.0 Å². The fourth-order valence-electron chi connectivity index (χ4n) is 3.97. The molecule has 1 atom stereocenters. The number of hydrogen-bond acceptors (Lipinski definition) is 3. The summed E-state index contributed by atoms with van der Waals surface area (Å²) in [4.78, 5) is 28.7. The van der Waals surface area contributed by atoms with E-state index in [1.165, 1.54) is 0 Å². The van der Waals surface area contributed by atoms with Gasteiger partial charge in [0.25, 0.3) is 0 Å². The Morgan fingerprint density at radius 2 is 1.69 bits per heavy atom. The van der Waals surface area contributed by atoms with Crippen LogP contribution in [0, 0.1) is 0 Å². The molecule has 3 aromatic rings. The Morgan fingerprint density at radius 3 is 2.40 bits per heavy atom. The van der Waals surface area contributed by atoms with Gasteiger partial charge in [0.15, 0.2) is 0 Å². The summed E-state index contributed by atoms with van der Waals surface area (Å²) in [7, 11) is 1.61. The van der Waals surface area contributed by atoms with Crippen LogP contribution in [0.1, 0.15) is 36.5 Å². The van der Waals surface area contributed by atoms with Crippen LogP contribution in [0.4, 0.5) is 0 Å². The maximum absolute atomic E-state index is 13.7. The number of carbonyl (C=O) groups is 2. The summed E-state index contributed by atoms with van der Waals surface area (Å²) in [5.41, 5.74) is 2.81. The fourth-order valence-corrected chi connectivity index (χ4v) is 4.20. The fraction of sp³-hybridized carbons (Fsp3) is 0.310. The summed E-state index contributed by atoms with van der Waals surface area (Å²) in [6.45, 7) is 2.87. The molecule has 0 heterocycles. The van der Waals surface area contributed by atoms with Crippen molar-refractivity contribution < 1.29 is 14.3 Å². The SMILES string of the molecule is CCCNC(=O)[C@@H](Cc1ccccc1)N(Cc1cccc(OC)c1)C(=O)CCc1ccccc1Cl. The number of rotatable bonds is 12. The highest BCUT2D eigenvalue weighted by molar-refractivity contribution is 6.31. The number of nitrogens with one attached hydrogen (secondary N) is 1. The first-order valence-corrected chi connectivity index (χ1v) is 12.4. The van der Waals surface area contributed by atoms with Crippen molar-refractivity contribution in [2.45, 2.75) is 45.2 Å². The van der Waals surface area contributed by atoms with Gasteiger partial charge in [-0.1, -0.05) is 79.2 Å². The van der Waals surface area contributed by atoms with Crippen LogP contribution in [-0.4, -0.2) is 36.4 Å². The molecule has 0 aliphatic rings. The predicted molar refractivity (Wildman–Crippen MR) is 141 cm³/mol. The smallest absolute Gasteiger partial charge is 0.243 e. The average molecular weight is 493 g/mol. The molecule has 1 N–H and O–H groups in total. The monoisotopic (exact) mass is 492 g/mol. The van der Waals surface area contributed by atoms with Crippen LogP contribution < -0.4 is 10.1 Å². The largest absolute Gasteiger partial charge is 0.497 e. The molecule has 0 unspecified atom stereocenters. The Kier molecular flexibility index (Phi) is 10.2. The van der Waals surface area contributed by atoms with Gasteiger partial charge in [0.2, 0.25) is 11.8 Å². The maximum atomic E-state index is 13.7. The molecule has 0 aliphatic heterocycles. The van der Waals surface area contributed by atoms with Crippen molar-refractivity contribution in [1.29, 1.82) is 0 Å². The number of benzene rings is 3. The summed E-state index contributed by atoms with van der Waals surface area (Å²) in [5.74, 6) is 0.464. The molecule has 0 aromatic heterocycles. The second-order valence-electron chi connectivity index (χ2n) is 8.46. The molecule has 0 aliphatic carbocycles. The van der Waals surface area contributed by atoms with Gasteiger partial charge in [0.05, 0.1) is 7.11 Å². The quantitative estimate of drug-likeness (QED) is 0.366. The highest BCUT2D eigenvalue weighted by Gasteiger charge is 2.30. The molecule has 0 saturated carbocycles. The Labute approximate surface area is 213 Å². The highest BCUT2D eigenvalue weighted by atomic mass is 35.5. The first kappa shape index (κ1) is 26.3. The van der Waals surface area contributed by atoms with Crippen molar-refractivity contribution in [1.82, 2.24) is 10.2 Å². The van der Waals surface area contributed by atoms with Gasteiger partial charge in [-0.3, -0.25) is 9.59 Å². The second-order valence-corrected chi connectivity index (χ2v) is 8.87. The molecular weight excluding hydrogens is 460 g/mol. The van der Waals surface area contributed by atoms with Gasteiger partial charge in [-0.05, 0) is 47.7 Å². The molecule has 6 heteroatoms. The zero-order chi connectivity index (χ0) is 25.0. The number of nitrogens with zero attached hydrogens (tertiary/aromatic N) is 1. The summed E-state index contributed by atoms with van der Waals surface area (Å²) < 4.78 is 5.37. The minimum Gasteiger partial charge on any atom is -0.497 e. The van der Waals surface area contributed by atoms with Crippen molar-refractivity contribution in [2.24, 2.45) is 0 Å². The van der Waals surface area contributed by atoms with Crippen LogP contribution >= 0.6 is 11.6 Å². The Balaban J connectivity index is 1.91. The Bertz CT molecular complexity index is 1100. The lowest BCUT2D eigenvalue weighted by Crippen LogP contribution is -2.50. The van der Waals surface area contributed by atoms with Crippen molar-refractivity contribution in [3.63, 3.8) is 0 Å². The molecule has 3 aromatic carbocycles. The normalized spacial score (nSPS) is 11.5. The van der Waals surface area contributed by atoms with Crippen LogP contribution in [0.3, 0.4) is 0 Å². The van der Waals surface area contributed by atoms with Crippen LogP contribution in [0.2, 0.25) is 5.02 Å². The molecule has 0 saturated heterocycles. The molecule has 3 rings (SSSR count). The van der Waals surface area contributed by atoms with Gasteiger partial charge >= 0.3 is 0 Å².